The molecule has 0 saturated heterocycles. The second-order valence-corrected chi connectivity index (χ2v) is 6.18. The van der Waals surface area contributed by atoms with Crippen molar-refractivity contribution in [1.82, 2.24) is 0 Å². The van der Waals surface area contributed by atoms with Crippen LogP contribution in [0, 0.1) is 0 Å². The van der Waals surface area contributed by atoms with Crippen LogP contribution in [0.15, 0.2) is 48.5 Å². The van der Waals surface area contributed by atoms with Crippen molar-refractivity contribution in [2.45, 2.75) is 19.4 Å². The monoisotopic (exact) mass is 352 g/mol. The van der Waals surface area contributed by atoms with Gasteiger partial charge in [-0.3, -0.25) is 14.4 Å². The SMILES string of the molecule is C[C@@H]1CC(=O)Nc2ccccc2N1C(=O)CNc1ccc(C(N)=O)cc1. The fourth-order valence-corrected chi connectivity index (χ4v) is 2.98. The molecule has 1 atom stereocenters. The molecule has 3 amide bonds. The fourth-order valence-electron chi connectivity index (χ4n) is 2.98. The minimum Gasteiger partial charge on any atom is -0.376 e. The molecule has 0 aromatic heterocycles. The average Bonchev–Trinajstić information content (AvgIpc) is 2.74. The molecular formula is C19H20N4O3. The molecule has 7 heteroatoms. The third-order valence-corrected chi connectivity index (χ3v) is 4.24. The van der Waals surface area contributed by atoms with Crippen molar-refractivity contribution >= 4 is 34.8 Å². The van der Waals surface area contributed by atoms with Crippen LogP contribution in [0.25, 0.3) is 0 Å². The first-order valence-corrected chi connectivity index (χ1v) is 8.30. The van der Waals surface area contributed by atoms with Gasteiger partial charge in [-0.25, -0.2) is 0 Å². The Morgan fingerprint density at radius 3 is 2.58 bits per heavy atom. The zero-order valence-corrected chi connectivity index (χ0v) is 14.4. The molecule has 0 aliphatic carbocycles. The lowest BCUT2D eigenvalue weighted by molar-refractivity contribution is -0.118. The minimum absolute atomic E-state index is 0.0583. The van der Waals surface area contributed by atoms with Crippen LogP contribution < -0.4 is 21.3 Å². The van der Waals surface area contributed by atoms with Gasteiger partial charge < -0.3 is 21.3 Å². The molecule has 1 aliphatic rings. The number of carbonyl (C=O) groups is 3. The summed E-state index contributed by atoms with van der Waals surface area (Å²) in [4.78, 5) is 37.6. The molecule has 4 N–H and O–H groups in total. The number of carbonyl (C=O) groups excluding carboxylic acids is 3. The number of nitrogens with zero attached hydrogens (tertiary/aromatic N) is 1. The number of benzene rings is 2. The van der Waals surface area contributed by atoms with Gasteiger partial charge in [0.15, 0.2) is 0 Å². The van der Waals surface area contributed by atoms with Gasteiger partial charge in [0.25, 0.3) is 0 Å². The molecule has 7 nitrogen and oxygen atoms in total. The molecule has 0 spiro atoms. The topological polar surface area (TPSA) is 105 Å². The Bertz CT molecular complexity index is 848. The number of primary amides is 1. The Hall–Kier alpha value is -3.35. The Morgan fingerprint density at radius 1 is 1.19 bits per heavy atom. The standard InChI is InChI=1S/C19H20N4O3/c1-12-10-17(24)22-15-4-2-3-5-16(15)23(12)18(25)11-21-14-8-6-13(7-9-14)19(20)26/h2-9,12,21H,10-11H2,1H3,(H2,20,26)(H,22,24)/t12-/m1/s1. The Kier molecular flexibility index (Phi) is 4.88. The van der Waals surface area contributed by atoms with Gasteiger partial charge in [0.1, 0.15) is 0 Å². The van der Waals surface area contributed by atoms with E-state index in [1.807, 2.05) is 25.1 Å². The smallest absolute Gasteiger partial charge is 0.248 e. The molecule has 3 rings (SSSR count). The van der Waals surface area contributed by atoms with E-state index in [-0.39, 0.29) is 30.8 Å². The number of amides is 3. The molecule has 0 radical (unpaired) electrons. The summed E-state index contributed by atoms with van der Waals surface area (Å²) in [5.74, 6) is -0.768. The number of nitrogens with two attached hydrogens (primary N) is 1. The molecule has 0 saturated carbocycles. The quantitative estimate of drug-likeness (QED) is 0.782. The molecule has 0 bridgehead atoms. The van der Waals surface area contributed by atoms with Gasteiger partial charge in [0.2, 0.25) is 17.7 Å². The van der Waals surface area contributed by atoms with E-state index in [0.717, 1.165) is 0 Å². The van der Waals surface area contributed by atoms with E-state index in [0.29, 0.717) is 22.6 Å². The molecule has 1 aliphatic heterocycles. The minimum atomic E-state index is -0.500. The highest BCUT2D eigenvalue weighted by atomic mass is 16.2. The van der Waals surface area contributed by atoms with E-state index >= 15 is 0 Å². The first-order valence-electron chi connectivity index (χ1n) is 8.30. The van der Waals surface area contributed by atoms with Crippen molar-refractivity contribution in [3.8, 4) is 0 Å². The summed E-state index contributed by atoms with van der Waals surface area (Å²) in [6.07, 6.45) is 0.230. The summed E-state index contributed by atoms with van der Waals surface area (Å²) in [6.45, 7) is 1.91. The van der Waals surface area contributed by atoms with Gasteiger partial charge in [0, 0.05) is 23.7 Å². The highest BCUT2D eigenvalue weighted by Crippen LogP contribution is 2.31. The predicted octanol–water partition coefficient (Wildman–Crippen LogP) is 1.96. The molecule has 2 aromatic carbocycles. The van der Waals surface area contributed by atoms with Crippen LogP contribution in [0.4, 0.5) is 17.1 Å². The molecular weight excluding hydrogens is 332 g/mol. The maximum atomic E-state index is 12.8. The molecule has 0 fully saturated rings. The van der Waals surface area contributed by atoms with Crippen LogP contribution >= 0.6 is 0 Å². The van der Waals surface area contributed by atoms with Crippen LogP contribution in [0.3, 0.4) is 0 Å². The van der Waals surface area contributed by atoms with Crippen LogP contribution in [0.5, 0.6) is 0 Å². The van der Waals surface area contributed by atoms with Crippen molar-refractivity contribution in [1.29, 1.82) is 0 Å². The summed E-state index contributed by atoms with van der Waals surface area (Å²) in [5.41, 5.74) is 7.63. The first-order chi connectivity index (χ1) is 12.5. The normalized spacial score (nSPS) is 16.3. The zero-order valence-electron chi connectivity index (χ0n) is 14.4. The van der Waals surface area contributed by atoms with Crippen molar-refractivity contribution < 1.29 is 14.4 Å². The lowest BCUT2D eigenvalue weighted by Gasteiger charge is -2.28. The summed E-state index contributed by atoms with van der Waals surface area (Å²) in [6, 6.07) is 13.6. The number of hydrogen-bond donors (Lipinski definition) is 3. The Morgan fingerprint density at radius 2 is 1.88 bits per heavy atom. The third-order valence-electron chi connectivity index (χ3n) is 4.24. The summed E-state index contributed by atoms with van der Waals surface area (Å²) in [5, 5.41) is 5.87. The van der Waals surface area contributed by atoms with E-state index in [9.17, 15) is 14.4 Å². The van der Waals surface area contributed by atoms with Crippen LogP contribution in [-0.2, 0) is 9.59 Å². The lowest BCUT2D eigenvalue weighted by Crippen LogP contribution is -2.42. The largest absolute Gasteiger partial charge is 0.376 e. The number of rotatable bonds is 4. The van der Waals surface area contributed by atoms with E-state index in [2.05, 4.69) is 10.6 Å². The lowest BCUT2D eigenvalue weighted by atomic mass is 10.1. The highest BCUT2D eigenvalue weighted by molar-refractivity contribution is 6.05. The molecule has 0 unspecified atom stereocenters. The predicted molar refractivity (Wildman–Crippen MR) is 100 cm³/mol. The van der Waals surface area contributed by atoms with Crippen molar-refractivity contribution in [3.63, 3.8) is 0 Å². The summed E-state index contributed by atoms with van der Waals surface area (Å²) >= 11 is 0. The van der Waals surface area contributed by atoms with E-state index in [1.54, 1.807) is 35.2 Å². The van der Waals surface area contributed by atoms with Crippen LogP contribution in [0.1, 0.15) is 23.7 Å². The molecule has 2 aromatic rings. The molecule has 1 heterocycles. The molecule has 134 valence electrons. The van der Waals surface area contributed by atoms with Gasteiger partial charge in [-0.1, -0.05) is 12.1 Å². The zero-order chi connectivity index (χ0) is 18.7. The Labute approximate surface area is 151 Å². The van der Waals surface area contributed by atoms with Gasteiger partial charge in [-0.15, -0.1) is 0 Å². The number of hydrogen-bond acceptors (Lipinski definition) is 4. The van der Waals surface area contributed by atoms with E-state index in [4.69, 9.17) is 5.73 Å². The molecule has 26 heavy (non-hydrogen) atoms. The third kappa shape index (κ3) is 3.66. The number of anilines is 3. The van der Waals surface area contributed by atoms with E-state index in [1.165, 1.54) is 0 Å². The first kappa shape index (κ1) is 17.5. The number of fused-ring (bicyclic) bond motifs is 1. The Balaban J connectivity index is 1.76. The highest BCUT2D eigenvalue weighted by Gasteiger charge is 2.29. The van der Waals surface area contributed by atoms with Gasteiger partial charge >= 0.3 is 0 Å². The van der Waals surface area contributed by atoms with Gasteiger partial charge in [-0.2, -0.15) is 0 Å². The number of para-hydroxylation sites is 2. The average molecular weight is 352 g/mol. The number of nitrogens with one attached hydrogen (secondary N) is 2. The van der Waals surface area contributed by atoms with Crippen molar-refractivity contribution in [2.75, 3.05) is 22.1 Å². The van der Waals surface area contributed by atoms with Crippen LogP contribution in [0.2, 0.25) is 0 Å². The summed E-state index contributed by atoms with van der Waals surface area (Å²) < 4.78 is 0. The fraction of sp³-hybridized carbons (Fsp3) is 0.211. The maximum absolute atomic E-state index is 12.8. The maximum Gasteiger partial charge on any atom is 0.248 e. The van der Waals surface area contributed by atoms with Gasteiger partial charge in [0.05, 0.1) is 17.9 Å². The van der Waals surface area contributed by atoms with Crippen molar-refractivity contribution in [2.24, 2.45) is 5.73 Å². The second kappa shape index (κ2) is 7.26. The van der Waals surface area contributed by atoms with Gasteiger partial charge in [-0.05, 0) is 43.3 Å². The van der Waals surface area contributed by atoms with Crippen molar-refractivity contribution in [3.05, 3.63) is 54.1 Å². The second-order valence-electron chi connectivity index (χ2n) is 6.18. The van der Waals surface area contributed by atoms with E-state index < -0.39 is 5.91 Å². The summed E-state index contributed by atoms with van der Waals surface area (Å²) in [7, 11) is 0. The van der Waals surface area contributed by atoms with Crippen LogP contribution in [-0.4, -0.2) is 30.3 Å².